The van der Waals surface area contributed by atoms with E-state index in [1.54, 1.807) is 0 Å². The maximum Gasteiger partial charge on any atom is 0.0366 e. The van der Waals surface area contributed by atoms with Crippen molar-refractivity contribution in [2.75, 3.05) is 18.0 Å². The number of nitrogens with zero attached hydrogens (tertiary/aromatic N) is 1. The number of anilines is 1. The van der Waals surface area contributed by atoms with Gasteiger partial charge in [0.1, 0.15) is 0 Å². The Morgan fingerprint density at radius 1 is 0.720 bits per heavy atom. The molecule has 0 amide bonds. The van der Waals surface area contributed by atoms with Gasteiger partial charge in [-0.2, -0.15) is 0 Å². The maximum atomic E-state index is 2.36. The van der Waals surface area contributed by atoms with Gasteiger partial charge in [-0.3, -0.25) is 0 Å². The zero-order chi connectivity index (χ0) is 18.3. The third kappa shape index (κ3) is 5.63. The Hall–Kier alpha value is -2.28. The second-order valence-electron chi connectivity index (χ2n) is 7.35. The van der Waals surface area contributed by atoms with Crippen LogP contribution in [0.2, 0.25) is 0 Å². The van der Waals surface area contributed by atoms with Crippen LogP contribution in [0.3, 0.4) is 0 Å². The smallest absolute Gasteiger partial charge is 0.0366 e. The molecule has 0 bridgehead atoms. The Labute approximate surface area is 153 Å². The van der Waals surface area contributed by atoms with Crippen LogP contribution in [0.25, 0.3) is 12.2 Å². The van der Waals surface area contributed by atoms with Gasteiger partial charge in [-0.15, -0.1) is 0 Å². The van der Waals surface area contributed by atoms with Gasteiger partial charge in [0.05, 0.1) is 0 Å². The molecular formula is C24H31N. The number of hydrogen-bond donors (Lipinski definition) is 0. The largest absolute Gasteiger partial charge is 0.372 e. The molecule has 0 aromatic heterocycles. The van der Waals surface area contributed by atoms with Gasteiger partial charge in [0.15, 0.2) is 0 Å². The van der Waals surface area contributed by atoms with Crippen molar-refractivity contribution in [2.24, 2.45) is 0 Å². The molecule has 0 aliphatic heterocycles. The highest BCUT2D eigenvalue weighted by Crippen LogP contribution is 2.22. The van der Waals surface area contributed by atoms with Crippen molar-refractivity contribution in [2.45, 2.75) is 40.0 Å². The lowest BCUT2D eigenvalue weighted by Gasteiger charge is -2.20. The van der Waals surface area contributed by atoms with Crippen molar-refractivity contribution >= 4 is 17.8 Å². The molecule has 2 aromatic rings. The highest BCUT2D eigenvalue weighted by molar-refractivity contribution is 5.59. The molecule has 2 aromatic carbocycles. The molecule has 1 heteroatoms. The van der Waals surface area contributed by atoms with E-state index in [-0.39, 0.29) is 5.41 Å². The maximum absolute atomic E-state index is 2.36. The molecule has 0 heterocycles. The Kier molecular flexibility index (Phi) is 6.64. The quantitative estimate of drug-likeness (QED) is 0.541. The topological polar surface area (TPSA) is 3.24 Å². The summed E-state index contributed by atoms with van der Waals surface area (Å²) in [6, 6.07) is 17.5. The zero-order valence-corrected chi connectivity index (χ0v) is 16.3. The van der Waals surface area contributed by atoms with Gasteiger partial charge in [0.25, 0.3) is 0 Å². The van der Waals surface area contributed by atoms with E-state index in [0.717, 1.165) is 13.1 Å². The van der Waals surface area contributed by atoms with Gasteiger partial charge in [-0.05, 0) is 48.1 Å². The third-order valence-corrected chi connectivity index (χ3v) is 4.49. The molecule has 2 rings (SSSR count). The van der Waals surface area contributed by atoms with Crippen LogP contribution < -0.4 is 4.90 Å². The first-order valence-electron chi connectivity index (χ1n) is 9.24. The van der Waals surface area contributed by atoms with Gasteiger partial charge in [0, 0.05) is 18.8 Å². The predicted octanol–water partition coefficient (Wildman–Crippen LogP) is 6.56. The van der Waals surface area contributed by atoms with E-state index < -0.39 is 0 Å². The molecule has 0 radical (unpaired) electrons. The number of rotatable bonds is 6. The molecule has 25 heavy (non-hydrogen) atoms. The first kappa shape index (κ1) is 19.1. The van der Waals surface area contributed by atoms with Crippen LogP contribution in [0, 0.1) is 0 Å². The Bertz CT molecular complexity index is 693. The first-order valence-corrected chi connectivity index (χ1v) is 9.24. The summed E-state index contributed by atoms with van der Waals surface area (Å²) in [5.41, 5.74) is 5.32. The lowest BCUT2D eigenvalue weighted by molar-refractivity contribution is 0.590. The van der Waals surface area contributed by atoms with Crippen LogP contribution in [0.15, 0.2) is 60.7 Å². The summed E-state index contributed by atoms with van der Waals surface area (Å²) in [7, 11) is 0. The van der Waals surface area contributed by atoms with Crippen LogP contribution in [0.1, 0.15) is 51.3 Å². The zero-order valence-electron chi connectivity index (χ0n) is 16.3. The van der Waals surface area contributed by atoms with Crippen LogP contribution in [0.4, 0.5) is 5.69 Å². The van der Waals surface area contributed by atoms with Crippen molar-refractivity contribution in [3.8, 4) is 0 Å². The fraction of sp³-hybridized carbons (Fsp3) is 0.333. The summed E-state index contributed by atoms with van der Waals surface area (Å²) in [4.78, 5) is 2.36. The predicted molar refractivity (Wildman–Crippen MR) is 113 cm³/mol. The number of hydrogen-bond acceptors (Lipinski definition) is 1. The lowest BCUT2D eigenvalue weighted by Crippen LogP contribution is -2.21. The van der Waals surface area contributed by atoms with Crippen LogP contribution >= 0.6 is 0 Å². The van der Waals surface area contributed by atoms with Crippen molar-refractivity contribution < 1.29 is 0 Å². The summed E-state index contributed by atoms with van der Waals surface area (Å²) >= 11 is 0. The van der Waals surface area contributed by atoms with E-state index in [4.69, 9.17) is 0 Å². The molecule has 1 nitrogen and oxygen atoms in total. The molecule has 0 atom stereocenters. The summed E-state index contributed by atoms with van der Waals surface area (Å²) in [5.74, 6) is 0. The number of benzene rings is 2. The fourth-order valence-electron chi connectivity index (χ4n) is 2.81. The normalized spacial score (nSPS) is 12.2. The molecule has 0 spiro atoms. The summed E-state index contributed by atoms with van der Waals surface area (Å²) in [6.45, 7) is 13.2. The first-order chi connectivity index (χ1) is 11.9. The average molecular weight is 334 g/mol. The summed E-state index contributed by atoms with van der Waals surface area (Å²) in [5, 5.41) is 0. The minimum absolute atomic E-state index is 0.208. The van der Waals surface area contributed by atoms with E-state index in [0.29, 0.717) is 0 Å². The average Bonchev–Trinajstić information content (AvgIpc) is 2.60. The van der Waals surface area contributed by atoms with Crippen molar-refractivity contribution in [3.05, 3.63) is 77.4 Å². The lowest BCUT2D eigenvalue weighted by atomic mass is 9.87. The summed E-state index contributed by atoms with van der Waals surface area (Å²) in [6.07, 6.45) is 8.49. The van der Waals surface area contributed by atoms with Gasteiger partial charge < -0.3 is 4.90 Å². The minimum Gasteiger partial charge on any atom is -0.372 e. The van der Waals surface area contributed by atoms with Crippen LogP contribution in [0.5, 0.6) is 0 Å². The SMILES string of the molecule is CCN(CC)c1ccc(C=CC=Cc2ccc(C(C)(C)C)cc2)cc1. The van der Waals surface area contributed by atoms with Gasteiger partial charge in [-0.25, -0.2) is 0 Å². The molecule has 0 aliphatic carbocycles. The van der Waals surface area contributed by atoms with E-state index in [1.807, 2.05) is 0 Å². The molecule has 132 valence electrons. The molecule has 0 fully saturated rings. The fourth-order valence-corrected chi connectivity index (χ4v) is 2.81. The third-order valence-electron chi connectivity index (χ3n) is 4.49. The minimum atomic E-state index is 0.208. The second kappa shape index (κ2) is 8.71. The van der Waals surface area contributed by atoms with E-state index in [2.05, 4.69) is 112 Å². The Morgan fingerprint density at radius 2 is 1.16 bits per heavy atom. The van der Waals surface area contributed by atoms with E-state index >= 15 is 0 Å². The molecule has 0 unspecified atom stereocenters. The standard InChI is InChI=1S/C24H31N/c1-6-25(7-2)23-18-14-21(15-19-23)11-9-8-10-20-12-16-22(17-13-20)24(3,4)5/h8-19H,6-7H2,1-5H3. The number of allylic oxidation sites excluding steroid dienone is 2. The molecule has 0 aliphatic rings. The van der Waals surface area contributed by atoms with Crippen LogP contribution in [-0.2, 0) is 5.41 Å². The molecule has 0 saturated carbocycles. The Balaban J connectivity index is 1.97. The van der Waals surface area contributed by atoms with Crippen molar-refractivity contribution in [1.29, 1.82) is 0 Å². The van der Waals surface area contributed by atoms with Gasteiger partial charge in [-0.1, -0.05) is 81.5 Å². The summed E-state index contributed by atoms with van der Waals surface area (Å²) < 4.78 is 0. The van der Waals surface area contributed by atoms with E-state index in [9.17, 15) is 0 Å². The highest BCUT2D eigenvalue weighted by Gasteiger charge is 2.12. The molecule has 0 N–H and O–H groups in total. The van der Waals surface area contributed by atoms with Crippen LogP contribution in [-0.4, -0.2) is 13.1 Å². The second-order valence-corrected chi connectivity index (χ2v) is 7.35. The molecular weight excluding hydrogens is 302 g/mol. The monoisotopic (exact) mass is 333 g/mol. The van der Waals surface area contributed by atoms with Gasteiger partial charge in [0.2, 0.25) is 0 Å². The van der Waals surface area contributed by atoms with Crippen molar-refractivity contribution in [3.63, 3.8) is 0 Å². The highest BCUT2D eigenvalue weighted by atomic mass is 15.1. The Morgan fingerprint density at radius 3 is 1.56 bits per heavy atom. The van der Waals surface area contributed by atoms with Gasteiger partial charge >= 0.3 is 0 Å². The van der Waals surface area contributed by atoms with Crippen molar-refractivity contribution in [1.82, 2.24) is 0 Å². The molecule has 0 saturated heterocycles. The van der Waals surface area contributed by atoms with E-state index in [1.165, 1.54) is 22.4 Å².